The van der Waals surface area contributed by atoms with E-state index in [-0.39, 0.29) is 0 Å². The standard InChI is InChI=1S/C13H18INO2S/c1-10-7-11(2)9-15(8-10)18(16,17)13-5-3-12(14)4-6-13/h3-6,10-11H,7-9H2,1-2H3. The number of nitrogens with zero attached hydrogens (tertiary/aromatic N) is 1. The number of benzene rings is 1. The topological polar surface area (TPSA) is 37.4 Å². The Morgan fingerprint density at radius 2 is 1.61 bits per heavy atom. The van der Waals surface area contributed by atoms with Crippen LogP contribution in [0.5, 0.6) is 0 Å². The van der Waals surface area contributed by atoms with Crippen molar-refractivity contribution in [2.45, 2.75) is 25.2 Å². The Kier molecular flexibility index (Phi) is 4.33. The molecule has 2 unspecified atom stereocenters. The molecule has 0 aromatic heterocycles. The summed E-state index contributed by atoms with van der Waals surface area (Å²) in [6.45, 7) is 5.51. The molecule has 18 heavy (non-hydrogen) atoms. The van der Waals surface area contributed by atoms with Crippen LogP contribution in [-0.2, 0) is 10.0 Å². The fraction of sp³-hybridized carbons (Fsp3) is 0.538. The van der Waals surface area contributed by atoms with E-state index in [4.69, 9.17) is 0 Å². The third-order valence-corrected chi connectivity index (χ3v) is 5.85. The first-order valence-electron chi connectivity index (χ1n) is 6.15. The predicted molar refractivity (Wildman–Crippen MR) is 80.9 cm³/mol. The summed E-state index contributed by atoms with van der Waals surface area (Å²) in [4.78, 5) is 0.407. The van der Waals surface area contributed by atoms with Gasteiger partial charge < -0.3 is 0 Å². The van der Waals surface area contributed by atoms with Gasteiger partial charge in [-0.1, -0.05) is 13.8 Å². The Bertz CT molecular complexity index is 502. The van der Waals surface area contributed by atoms with E-state index >= 15 is 0 Å². The molecule has 1 aromatic carbocycles. The van der Waals surface area contributed by atoms with Crippen molar-refractivity contribution in [2.24, 2.45) is 11.8 Å². The fourth-order valence-corrected chi connectivity index (χ4v) is 4.60. The maximum atomic E-state index is 12.5. The van der Waals surface area contributed by atoms with Crippen molar-refractivity contribution in [1.82, 2.24) is 4.31 Å². The molecule has 1 aliphatic rings. The third kappa shape index (κ3) is 3.05. The van der Waals surface area contributed by atoms with E-state index < -0.39 is 10.0 Å². The number of sulfonamides is 1. The number of hydrogen-bond donors (Lipinski definition) is 0. The average molecular weight is 379 g/mol. The Balaban J connectivity index is 2.28. The lowest BCUT2D eigenvalue weighted by Crippen LogP contribution is -2.42. The van der Waals surface area contributed by atoms with E-state index in [2.05, 4.69) is 36.4 Å². The Hall–Kier alpha value is -0.140. The zero-order chi connectivity index (χ0) is 13.3. The third-order valence-electron chi connectivity index (χ3n) is 3.29. The summed E-state index contributed by atoms with van der Waals surface area (Å²) >= 11 is 2.18. The molecule has 1 heterocycles. The van der Waals surface area contributed by atoms with E-state index in [1.807, 2.05) is 12.1 Å². The maximum absolute atomic E-state index is 12.5. The second-order valence-electron chi connectivity index (χ2n) is 5.22. The van der Waals surface area contributed by atoms with Crippen LogP contribution in [0.2, 0.25) is 0 Å². The van der Waals surface area contributed by atoms with Crippen LogP contribution in [0.1, 0.15) is 20.3 Å². The molecule has 2 atom stereocenters. The Morgan fingerprint density at radius 1 is 1.11 bits per heavy atom. The van der Waals surface area contributed by atoms with Crippen LogP contribution in [0.25, 0.3) is 0 Å². The number of halogens is 1. The Morgan fingerprint density at radius 3 is 2.11 bits per heavy atom. The molecule has 3 nitrogen and oxygen atoms in total. The van der Waals surface area contributed by atoms with Gasteiger partial charge in [0.1, 0.15) is 0 Å². The van der Waals surface area contributed by atoms with E-state index in [0.717, 1.165) is 9.99 Å². The first-order valence-corrected chi connectivity index (χ1v) is 8.67. The summed E-state index contributed by atoms with van der Waals surface area (Å²) in [5.74, 6) is 0.875. The molecule has 2 rings (SSSR count). The zero-order valence-electron chi connectivity index (χ0n) is 10.6. The van der Waals surface area contributed by atoms with Crippen molar-refractivity contribution in [1.29, 1.82) is 0 Å². The van der Waals surface area contributed by atoms with Crippen LogP contribution in [0, 0.1) is 15.4 Å². The van der Waals surface area contributed by atoms with Crippen molar-refractivity contribution in [2.75, 3.05) is 13.1 Å². The van der Waals surface area contributed by atoms with Crippen LogP contribution < -0.4 is 0 Å². The van der Waals surface area contributed by atoms with Gasteiger partial charge in [0.15, 0.2) is 0 Å². The molecular weight excluding hydrogens is 361 g/mol. The first-order chi connectivity index (χ1) is 8.39. The molecule has 0 N–H and O–H groups in total. The van der Waals surface area contributed by atoms with Crippen molar-refractivity contribution in [3.63, 3.8) is 0 Å². The predicted octanol–water partition coefficient (Wildman–Crippen LogP) is 2.96. The minimum atomic E-state index is -3.31. The van der Waals surface area contributed by atoms with E-state index in [9.17, 15) is 8.42 Å². The van der Waals surface area contributed by atoms with Gasteiger partial charge in [0, 0.05) is 16.7 Å². The molecule has 0 amide bonds. The SMILES string of the molecule is CC1CC(C)CN(S(=O)(=O)c2ccc(I)cc2)C1. The second-order valence-corrected chi connectivity index (χ2v) is 8.41. The van der Waals surface area contributed by atoms with Crippen molar-refractivity contribution in [3.05, 3.63) is 27.8 Å². The molecule has 1 aliphatic heterocycles. The van der Waals surface area contributed by atoms with E-state index in [1.165, 1.54) is 0 Å². The maximum Gasteiger partial charge on any atom is 0.243 e. The zero-order valence-corrected chi connectivity index (χ0v) is 13.6. The summed E-state index contributed by atoms with van der Waals surface area (Å²) in [7, 11) is -3.31. The minimum Gasteiger partial charge on any atom is -0.207 e. The van der Waals surface area contributed by atoms with Gasteiger partial charge in [-0.15, -0.1) is 0 Å². The van der Waals surface area contributed by atoms with Crippen LogP contribution in [0.15, 0.2) is 29.2 Å². The number of hydrogen-bond acceptors (Lipinski definition) is 2. The van der Waals surface area contributed by atoms with Crippen LogP contribution in [-0.4, -0.2) is 25.8 Å². The number of piperidine rings is 1. The minimum absolute atomic E-state index is 0.407. The molecule has 1 saturated heterocycles. The fourth-order valence-electron chi connectivity index (χ4n) is 2.56. The van der Waals surface area contributed by atoms with Gasteiger partial charge in [-0.2, -0.15) is 4.31 Å². The molecule has 100 valence electrons. The van der Waals surface area contributed by atoms with Crippen LogP contribution in [0.3, 0.4) is 0 Å². The highest BCUT2D eigenvalue weighted by Crippen LogP contribution is 2.26. The van der Waals surface area contributed by atoms with Crippen LogP contribution in [0.4, 0.5) is 0 Å². The smallest absolute Gasteiger partial charge is 0.207 e. The van der Waals surface area contributed by atoms with Crippen molar-refractivity contribution < 1.29 is 8.42 Å². The van der Waals surface area contributed by atoms with Gasteiger partial charge in [0.2, 0.25) is 10.0 Å². The monoisotopic (exact) mass is 379 g/mol. The first kappa shape index (κ1) is 14.3. The molecular formula is C13H18INO2S. The van der Waals surface area contributed by atoms with Crippen molar-refractivity contribution in [3.8, 4) is 0 Å². The van der Waals surface area contributed by atoms with Gasteiger partial charge in [-0.3, -0.25) is 0 Å². The molecule has 0 aliphatic carbocycles. The lowest BCUT2D eigenvalue weighted by Gasteiger charge is -2.34. The number of rotatable bonds is 2. The highest BCUT2D eigenvalue weighted by molar-refractivity contribution is 14.1. The normalized spacial score (nSPS) is 26.2. The van der Waals surface area contributed by atoms with Crippen LogP contribution >= 0.6 is 22.6 Å². The highest BCUT2D eigenvalue weighted by Gasteiger charge is 2.31. The van der Waals surface area contributed by atoms with Crippen molar-refractivity contribution >= 4 is 32.6 Å². The summed E-state index contributed by atoms with van der Waals surface area (Å²) in [5.41, 5.74) is 0. The Labute approximate surface area is 123 Å². The summed E-state index contributed by atoms with van der Waals surface area (Å²) in [5, 5.41) is 0. The molecule has 0 spiro atoms. The summed E-state index contributed by atoms with van der Waals surface area (Å²) < 4.78 is 27.7. The van der Waals surface area contributed by atoms with Gasteiger partial charge >= 0.3 is 0 Å². The molecule has 1 aromatic rings. The highest BCUT2D eigenvalue weighted by atomic mass is 127. The average Bonchev–Trinajstić information content (AvgIpc) is 2.28. The molecule has 1 fully saturated rings. The lowest BCUT2D eigenvalue weighted by atomic mass is 9.94. The molecule has 0 bridgehead atoms. The molecule has 0 saturated carbocycles. The summed E-state index contributed by atoms with van der Waals surface area (Å²) in [6.07, 6.45) is 1.11. The quantitative estimate of drug-likeness (QED) is 0.741. The molecule has 0 radical (unpaired) electrons. The van der Waals surface area contributed by atoms with E-state index in [0.29, 0.717) is 29.8 Å². The molecule has 5 heteroatoms. The van der Waals surface area contributed by atoms with Gasteiger partial charge in [0.25, 0.3) is 0 Å². The summed E-state index contributed by atoms with van der Waals surface area (Å²) in [6, 6.07) is 7.07. The van der Waals surface area contributed by atoms with E-state index in [1.54, 1.807) is 16.4 Å². The van der Waals surface area contributed by atoms with Gasteiger partial charge in [0.05, 0.1) is 4.90 Å². The lowest BCUT2D eigenvalue weighted by molar-refractivity contribution is 0.222. The van der Waals surface area contributed by atoms with Gasteiger partial charge in [-0.25, -0.2) is 8.42 Å². The second kappa shape index (κ2) is 5.46. The largest absolute Gasteiger partial charge is 0.243 e. The van der Waals surface area contributed by atoms with Gasteiger partial charge in [-0.05, 0) is 65.1 Å².